The maximum atomic E-state index is 9.42. The fraction of sp³-hybridized carbons (Fsp3) is 0.478. The van der Waals surface area contributed by atoms with Crippen LogP contribution in [0.15, 0.2) is 36.4 Å². The van der Waals surface area contributed by atoms with Crippen LogP contribution in [0.4, 0.5) is 0 Å². The molecule has 0 aliphatic rings. The van der Waals surface area contributed by atoms with Gasteiger partial charge in [0.2, 0.25) is 0 Å². The number of aryl methyl sites for hydroxylation is 2. The minimum Gasteiger partial charge on any atom is -0.508 e. The van der Waals surface area contributed by atoms with E-state index in [-0.39, 0.29) is 11.2 Å². The summed E-state index contributed by atoms with van der Waals surface area (Å²) in [5.41, 5.74) is 4.09. The quantitative estimate of drug-likeness (QED) is 0.619. The number of aromatic hydroxyl groups is 1. The zero-order valence-electron chi connectivity index (χ0n) is 16.7. The highest BCUT2D eigenvalue weighted by Crippen LogP contribution is 2.41. The molecule has 136 valence electrons. The van der Waals surface area contributed by atoms with Crippen molar-refractivity contribution in [3.8, 4) is 17.2 Å². The molecule has 2 aromatic rings. The molecule has 0 radical (unpaired) electrons. The van der Waals surface area contributed by atoms with Gasteiger partial charge in [-0.25, -0.2) is 0 Å². The largest absolute Gasteiger partial charge is 0.508 e. The molecule has 2 heteroatoms. The summed E-state index contributed by atoms with van der Waals surface area (Å²) in [4.78, 5) is 0. The van der Waals surface area contributed by atoms with E-state index >= 15 is 0 Å². The predicted molar refractivity (Wildman–Crippen MR) is 106 cm³/mol. The molecule has 0 unspecified atom stereocenters. The van der Waals surface area contributed by atoms with Gasteiger partial charge in [0.1, 0.15) is 17.2 Å². The standard InChI is InChI=1S/C23H32O2/c1-8-22(4,5)15-23(6,7)18-13-16(2)21(17(3)14-18)25-20-11-9-19(24)10-12-20/h9-14,24H,8,15H2,1-7H3. The Morgan fingerprint density at radius 2 is 1.44 bits per heavy atom. The number of hydrogen-bond donors (Lipinski definition) is 1. The van der Waals surface area contributed by atoms with E-state index in [1.54, 1.807) is 24.3 Å². The molecule has 0 atom stereocenters. The average molecular weight is 341 g/mol. The summed E-state index contributed by atoms with van der Waals surface area (Å²) < 4.78 is 6.07. The Morgan fingerprint density at radius 1 is 0.920 bits per heavy atom. The van der Waals surface area contributed by atoms with E-state index in [0.29, 0.717) is 5.41 Å². The molecule has 25 heavy (non-hydrogen) atoms. The van der Waals surface area contributed by atoms with Gasteiger partial charge in [0.05, 0.1) is 0 Å². The monoisotopic (exact) mass is 340 g/mol. The van der Waals surface area contributed by atoms with Gasteiger partial charge in [0.15, 0.2) is 0 Å². The van der Waals surface area contributed by atoms with Crippen LogP contribution in [-0.2, 0) is 5.41 Å². The fourth-order valence-electron chi connectivity index (χ4n) is 3.56. The first-order valence-corrected chi connectivity index (χ1v) is 9.13. The second-order valence-electron chi connectivity index (χ2n) is 8.61. The molecule has 2 rings (SSSR count). The summed E-state index contributed by atoms with van der Waals surface area (Å²) in [5.74, 6) is 1.89. The molecule has 0 heterocycles. The zero-order chi connectivity index (χ0) is 18.8. The molecule has 2 nitrogen and oxygen atoms in total. The minimum atomic E-state index is 0.117. The lowest BCUT2D eigenvalue weighted by Gasteiger charge is -2.35. The Labute approximate surface area is 152 Å². The van der Waals surface area contributed by atoms with Crippen molar-refractivity contribution in [3.63, 3.8) is 0 Å². The van der Waals surface area contributed by atoms with Crippen molar-refractivity contribution >= 4 is 0 Å². The third-order valence-electron chi connectivity index (χ3n) is 5.18. The van der Waals surface area contributed by atoms with Crippen LogP contribution in [-0.4, -0.2) is 5.11 Å². The number of hydrogen-bond acceptors (Lipinski definition) is 2. The van der Waals surface area contributed by atoms with Crippen molar-refractivity contribution in [1.29, 1.82) is 0 Å². The highest BCUT2D eigenvalue weighted by molar-refractivity contribution is 5.48. The van der Waals surface area contributed by atoms with Gasteiger partial charge >= 0.3 is 0 Å². The molecular weight excluding hydrogens is 308 g/mol. The van der Waals surface area contributed by atoms with Gasteiger partial charge < -0.3 is 9.84 Å². The third kappa shape index (κ3) is 4.78. The first-order valence-electron chi connectivity index (χ1n) is 9.13. The lowest BCUT2D eigenvalue weighted by Crippen LogP contribution is -2.26. The molecule has 0 amide bonds. The van der Waals surface area contributed by atoms with Gasteiger partial charge in [-0.15, -0.1) is 0 Å². The van der Waals surface area contributed by atoms with Crippen molar-refractivity contribution in [3.05, 3.63) is 53.1 Å². The average Bonchev–Trinajstić information content (AvgIpc) is 2.51. The van der Waals surface area contributed by atoms with E-state index in [9.17, 15) is 5.11 Å². The van der Waals surface area contributed by atoms with E-state index in [1.807, 2.05) is 0 Å². The number of ether oxygens (including phenoxy) is 1. The number of rotatable bonds is 6. The van der Waals surface area contributed by atoms with Gasteiger partial charge in [-0.1, -0.05) is 53.2 Å². The topological polar surface area (TPSA) is 29.5 Å². The Balaban J connectivity index is 2.31. The Kier molecular flexibility index (Phi) is 5.51. The first kappa shape index (κ1) is 19.4. The molecule has 0 aliphatic heterocycles. The normalized spacial score (nSPS) is 12.3. The van der Waals surface area contributed by atoms with Crippen molar-refractivity contribution in [2.45, 2.75) is 66.7 Å². The van der Waals surface area contributed by atoms with Crippen LogP contribution in [0.1, 0.15) is 64.2 Å². The molecular formula is C23H32O2. The van der Waals surface area contributed by atoms with Crippen molar-refractivity contribution in [1.82, 2.24) is 0 Å². The van der Waals surface area contributed by atoms with Gasteiger partial charge in [0, 0.05) is 0 Å². The Morgan fingerprint density at radius 3 is 1.92 bits per heavy atom. The summed E-state index contributed by atoms with van der Waals surface area (Å²) in [5, 5.41) is 9.42. The highest BCUT2D eigenvalue weighted by atomic mass is 16.5. The highest BCUT2D eigenvalue weighted by Gasteiger charge is 2.29. The summed E-state index contributed by atoms with van der Waals surface area (Å²) in [6.45, 7) is 15.8. The second-order valence-corrected chi connectivity index (χ2v) is 8.61. The van der Waals surface area contributed by atoms with Crippen LogP contribution < -0.4 is 4.74 Å². The molecule has 0 fully saturated rings. The van der Waals surface area contributed by atoms with Crippen molar-refractivity contribution in [2.75, 3.05) is 0 Å². The van der Waals surface area contributed by atoms with Gasteiger partial charge in [-0.3, -0.25) is 0 Å². The number of phenols is 1. The maximum Gasteiger partial charge on any atom is 0.133 e. The Hall–Kier alpha value is -1.96. The maximum absolute atomic E-state index is 9.42. The van der Waals surface area contributed by atoms with Crippen LogP contribution in [0, 0.1) is 19.3 Å². The lowest BCUT2D eigenvalue weighted by atomic mass is 9.70. The summed E-state index contributed by atoms with van der Waals surface area (Å²) >= 11 is 0. The zero-order valence-corrected chi connectivity index (χ0v) is 16.7. The van der Waals surface area contributed by atoms with E-state index in [4.69, 9.17) is 4.74 Å². The first-order chi connectivity index (χ1) is 11.5. The van der Waals surface area contributed by atoms with Crippen LogP contribution >= 0.6 is 0 Å². The molecule has 1 N–H and O–H groups in total. The van der Waals surface area contributed by atoms with Crippen LogP contribution in [0.5, 0.6) is 17.2 Å². The van der Waals surface area contributed by atoms with E-state index in [0.717, 1.165) is 29.0 Å². The van der Waals surface area contributed by atoms with Crippen LogP contribution in [0.3, 0.4) is 0 Å². The van der Waals surface area contributed by atoms with Crippen molar-refractivity contribution < 1.29 is 9.84 Å². The van der Waals surface area contributed by atoms with Gasteiger partial charge in [-0.05, 0) is 72.1 Å². The lowest BCUT2D eigenvalue weighted by molar-refractivity contribution is 0.248. The molecule has 0 aliphatic carbocycles. The van der Waals surface area contributed by atoms with Gasteiger partial charge in [-0.2, -0.15) is 0 Å². The summed E-state index contributed by atoms with van der Waals surface area (Å²) in [6, 6.07) is 11.4. The number of phenolic OH excluding ortho intramolecular Hbond substituents is 1. The second kappa shape index (κ2) is 7.11. The fourth-order valence-corrected chi connectivity index (χ4v) is 3.56. The van der Waals surface area contributed by atoms with Gasteiger partial charge in [0.25, 0.3) is 0 Å². The minimum absolute atomic E-state index is 0.117. The number of benzene rings is 2. The predicted octanol–water partition coefficient (Wildman–Crippen LogP) is 6.91. The third-order valence-corrected chi connectivity index (χ3v) is 5.18. The molecule has 0 saturated heterocycles. The smallest absolute Gasteiger partial charge is 0.133 e. The molecule has 2 aromatic carbocycles. The van der Waals surface area contributed by atoms with Crippen molar-refractivity contribution in [2.24, 2.45) is 5.41 Å². The summed E-state index contributed by atoms with van der Waals surface area (Å²) in [6.07, 6.45) is 2.32. The molecule has 0 saturated carbocycles. The molecule has 0 spiro atoms. The van der Waals surface area contributed by atoms with E-state index in [2.05, 4.69) is 60.6 Å². The van der Waals surface area contributed by atoms with Crippen LogP contribution in [0.2, 0.25) is 0 Å². The van der Waals surface area contributed by atoms with Crippen LogP contribution in [0.25, 0.3) is 0 Å². The van der Waals surface area contributed by atoms with E-state index < -0.39 is 0 Å². The van der Waals surface area contributed by atoms with E-state index in [1.165, 1.54) is 12.0 Å². The SMILES string of the molecule is CCC(C)(C)CC(C)(C)c1cc(C)c(Oc2ccc(O)cc2)c(C)c1. The summed E-state index contributed by atoms with van der Waals surface area (Å²) in [7, 11) is 0. The Bertz CT molecular complexity index is 701. The molecule has 0 bridgehead atoms. The molecule has 0 aromatic heterocycles.